The summed E-state index contributed by atoms with van der Waals surface area (Å²) < 4.78 is 7.99. The van der Waals surface area contributed by atoms with Crippen LogP contribution >= 0.6 is 46.2 Å². The van der Waals surface area contributed by atoms with Crippen molar-refractivity contribution in [2.45, 2.75) is 22.5 Å². The molecular formula is C16H17N5O3S4. The van der Waals surface area contributed by atoms with Crippen LogP contribution in [-0.4, -0.2) is 45.1 Å². The number of thioether (sulfide) groups is 2. The van der Waals surface area contributed by atoms with Crippen LogP contribution in [-0.2, 0) is 9.59 Å². The summed E-state index contributed by atoms with van der Waals surface area (Å²) in [7, 11) is 0. The first-order valence-electron chi connectivity index (χ1n) is 8.20. The molecule has 0 bridgehead atoms. The highest BCUT2D eigenvalue weighted by Gasteiger charge is 2.11. The fraction of sp³-hybridized carbons (Fsp3) is 0.312. The molecule has 148 valence electrons. The zero-order chi connectivity index (χ0) is 19.9. The van der Waals surface area contributed by atoms with E-state index in [0.29, 0.717) is 6.61 Å². The number of fused-ring (bicyclic) bond motifs is 1. The second-order valence-corrected chi connectivity index (χ2v) is 9.96. The van der Waals surface area contributed by atoms with Crippen molar-refractivity contribution in [3.63, 3.8) is 0 Å². The Morgan fingerprint density at radius 1 is 1.07 bits per heavy atom. The van der Waals surface area contributed by atoms with Gasteiger partial charge < -0.3 is 4.74 Å². The topological polar surface area (TPSA) is 106 Å². The van der Waals surface area contributed by atoms with Gasteiger partial charge >= 0.3 is 0 Å². The van der Waals surface area contributed by atoms with E-state index in [1.54, 1.807) is 0 Å². The molecule has 0 fully saturated rings. The first-order chi connectivity index (χ1) is 13.5. The predicted molar refractivity (Wildman–Crippen MR) is 113 cm³/mol. The number of thiazole rings is 1. The van der Waals surface area contributed by atoms with E-state index in [2.05, 4.69) is 26.0 Å². The number of rotatable bonds is 8. The van der Waals surface area contributed by atoms with Gasteiger partial charge in [-0.2, -0.15) is 0 Å². The van der Waals surface area contributed by atoms with E-state index in [9.17, 15) is 9.59 Å². The first-order valence-corrected chi connectivity index (χ1v) is 11.8. The second-order valence-electron chi connectivity index (χ2n) is 5.30. The van der Waals surface area contributed by atoms with Gasteiger partial charge in [-0.05, 0) is 32.0 Å². The highest BCUT2D eigenvalue weighted by Crippen LogP contribution is 2.31. The third-order valence-electron chi connectivity index (χ3n) is 3.15. The van der Waals surface area contributed by atoms with Crippen LogP contribution in [0.15, 0.2) is 26.9 Å². The Labute approximate surface area is 177 Å². The summed E-state index contributed by atoms with van der Waals surface area (Å²) >= 11 is 5.52. The Kier molecular flexibility index (Phi) is 7.48. The van der Waals surface area contributed by atoms with Crippen molar-refractivity contribution < 1.29 is 14.3 Å². The number of ether oxygens (including phenoxy) is 1. The fourth-order valence-corrected chi connectivity index (χ4v) is 5.52. The van der Waals surface area contributed by atoms with Gasteiger partial charge in [0.2, 0.25) is 11.8 Å². The molecule has 1 aromatic carbocycles. The zero-order valence-electron chi connectivity index (χ0n) is 15.1. The number of nitrogens with zero attached hydrogens (tertiary/aromatic N) is 3. The summed E-state index contributed by atoms with van der Waals surface area (Å²) in [6.07, 6.45) is 0. The van der Waals surface area contributed by atoms with E-state index in [1.807, 2.05) is 32.0 Å². The van der Waals surface area contributed by atoms with Gasteiger partial charge in [0.15, 0.2) is 8.68 Å². The lowest BCUT2D eigenvalue weighted by Gasteiger charge is -2.05. The van der Waals surface area contributed by atoms with Gasteiger partial charge in [-0.3, -0.25) is 20.4 Å². The third kappa shape index (κ3) is 6.06. The summed E-state index contributed by atoms with van der Waals surface area (Å²) in [5, 5.41) is 8.65. The van der Waals surface area contributed by atoms with Crippen molar-refractivity contribution in [1.82, 2.24) is 26.0 Å². The van der Waals surface area contributed by atoms with Crippen molar-refractivity contribution in [3.05, 3.63) is 23.2 Å². The van der Waals surface area contributed by atoms with Crippen LogP contribution in [0.2, 0.25) is 0 Å². The van der Waals surface area contributed by atoms with E-state index in [4.69, 9.17) is 4.74 Å². The number of hydrazine groups is 1. The number of aryl methyl sites for hydroxylation is 1. The largest absolute Gasteiger partial charge is 0.494 e. The number of aromatic nitrogens is 3. The van der Waals surface area contributed by atoms with Gasteiger partial charge in [-0.25, -0.2) is 4.98 Å². The zero-order valence-corrected chi connectivity index (χ0v) is 18.3. The molecule has 0 saturated heterocycles. The molecule has 12 heteroatoms. The van der Waals surface area contributed by atoms with Crippen molar-refractivity contribution in [3.8, 4) is 5.75 Å². The molecule has 3 rings (SSSR count). The average molecular weight is 456 g/mol. The molecule has 2 heterocycles. The standard InChI is InChI=1S/C16H17N5O3S4/c1-3-24-10-4-5-11-12(6-10)28-15(17-11)25-7-13(22)19-20-14(23)8-26-16-21-18-9(2)27-16/h4-6H,3,7-8H2,1-2H3,(H,19,22)(H,20,23). The predicted octanol–water partition coefficient (Wildman–Crippen LogP) is 2.89. The molecular weight excluding hydrogens is 438 g/mol. The number of benzene rings is 1. The van der Waals surface area contributed by atoms with Crippen molar-refractivity contribution in [1.29, 1.82) is 0 Å². The maximum Gasteiger partial charge on any atom is 0.248 e. The van der Waals surface area contributed by atoms with Crippen molar-refractivity contribution >= 4 is 68.2 Å². The highest BCUT2D eigenvalue weighted by molar-refractivity contribution is 8.02. The van der Waals surface area contributed by atoms with E-state index in [0.717, 1.165) is 29.7 Å². The van der Waals surface area contributed by atoms with E-state index < -0.39 is 0 Å². The van der Waals surface area contributed by atoms with Gasteiger partial charge in [0.05, 0.1) is 28.3 Å². The van der Waals surface area contributed by atoms with Gasteiger partial charge in [-0.1, -0.05) is 34.9 Å². The Bertz CT molecular complexity index is 974. The van der Waals surface area contributed by atoms with Crippen LogP contribution in [0.1, 0.15) is 11.9 Å². The summed E-state index contributed by atoms with van der Waals surface area (Å²) in [4.78, 5) is 28.2. The molecule has 28 heavy (non-hydrogen) atoms. The molecule has 8 nitrogen and oxygen atoms in total. The van der Waals surface area contributed by atoms with Gasteiger partial charge in [0.1, 0.15) is 10.8 Å². The second kappa shape index (κ2) is 10.0. The third-order valence-corrected chi connectivity index (χ3v) is 7.29. The lowest BCUT2D eigenvalue weighted by atomic mass is 10.3. The molecule has 2 aromatic heterocycles. The number of hydrogen-bond donors (Lipinski definition) is 2. The molecule has 3 aromatic rings. The summed E-state index contributed by atoms with van der Waals surface area (Å²) in [5.74, 6) is 0.504. The number of carbonyl (C=O) groups excluding carboxylic acids is 2. The maximum absolute atomic E-state index is 11.9. The Morgan fingerprint density at radius 2 is 1.79 bits per heavy atom. The first kappa shape index (κ1) is 20.8. The minimum Gasteiger partial charge on any atom is -0.494 e. The number of nitrogens with one attached hydrogen (secondary N) is 2. The molecule has 0 aliphatic heterocycles. The molecule has 0 atom stereocenters. The van der Waals surface area contributed by atoms with E-state index in [-0.39, 0.29) is 23.3 Å². The average Bonchev–Trinajstić information content (AvgIpc) is 3.28. The molecule has 0 aliphatic rings. The Morgan fingerprint density at radius 3 is 2.43 bits per heavy atom. The Hall–Kier alpha value is -1.89. The number of carbonyl (C=O) groups is 2. The maximum atomic E-state index is 11.9. The summed E-state index contributed by atoms with van der Waals surface area (Å²) in [5.41, 5.74) is 5.67. The molecule has 0 radical (unpaired) electrons. The minimum atomic E-state index is -0.306. The van der Waals surface area contributed by atoms with E-state index >= 15 is 0 Å². The van der Waals surface area contributed by atoms with Crippen molar-refractivity contribution in [2.75, 3.05) is 18.1 Å². The SMILES string of the molecule is CCOc1ccc2nc(SCC(=O)NNC(=O)CSc3nnc(C)s3)sc2c1. The minimum absolute atomic E-state index is 0.154. The quantitative estimate of drug-likeness (QED) is 0.394. The molecule has 0 aliphatic carbocycles. The van der Waals surface area contributed by atoms with Gasteiger partial charge in [0.25, 0.3) is 0 Å². The monoisotopic (exact) mass is 455 g/mol. The highest BCUT2D eigenvalue weighted by atomic mass is 32.2. The van der Waals surface area contributed by atoms with Crippen LogP contribution in [0.25, 0.3) is 10.2 Å². The molecule has 0 unspecified atom stereocenters. The fourth-order valence-electron chi connectivity index (χ4n) is 2.00. The van der Waals surface area contributed by atoms with Crippen LogP contribution < -0.4 is 15.6 Å². The smallest absolute Gasteiger partial charge is 0.248 e. The summed E-state index contributed by atoms with van der Waals surface area (Å²) in [6.45, 7) is 4.39. The Balaban J connectivity index is 1.41. The van der Waals surface area contributed by atoms with E-state index in [1.165, 1.54) is 46.2 Å². The molecule has 2 amide bonds. The van der Waals surface area contributed by atoms with Crippen LogP contribution in [0.4, 0.5) is 0 Å². The molecule has 0 saturated carbocycles. The number of amides is 2. The van der Waals surface area contributed by atoms with Crippen LogP contribution in [0.3, 0.4) is 0 Å². The lowest BCUT2D eigenvalue weighted by Crippen LogP contribution is -2.43. The normalized spacial score (nSPS) is 10.8. The van der Waals surface area contributed by atoms with Crippen LogP contribution in [0, 0.1) is 6.92 Å². The molecule has 0 spiro atoms. The summed E-state index contributed by atoms with van der Waals surface area (Å²) in [6, 6.07) is 5.72. The number of hydrogen-bond acceptors (Lipinski definition) is 10. The van der Waals surface area contributed by atoms with Gasteiger partial charge in [-0.15, -0.1) is 21.5 Å². The lowest BCUT2D eigenvalue weighted by molar-refractivity contribution is -0.126. The van der Waals surface area contributed by atoms with Crippen molar-refractivity contribution in [2.24, 2.45) is 0 Å². The van der Waals surface area contributed by atoms with Crippen LogP contribution in [0.5, 0.6) is 5.75 Å². The van der Waals surface area contributed by atoms with Gasteiger partial charge in [0, 0.05) is 0 Å². The molecule has 2 N–H and O–H groups in total.